The number of nitrogens with one attached hydrogen (secondary N) is 2. The first-order valence-corrected chi connectivity index (χ1v) is 13.3. The van der Waals surface area contributed by atoms with Gasteiger partial charge in [-0.1, -0.05) is 25.5 Å². The lowest BCUT2D eigenvalue weighted by Gasteiger charge is -2.75. The molecular formula is C27H42N2O2. The maximum Gasteiger partial charge on any atom is 0.0693 e. The summed E-state index contributed by atoms with van der Waals surface area (Å²) in [7, 11) is 2.07. The monoisotopic (exact) mass is 426 g/mol. The Morgan fingerprint density at radius 2 is 1.97 bits per heavy atom. The standard InChI is InChI=1S/C27H42N2O2/c1-24-10-16-5-8-20(24)23(30)27-12-17-6-7-18(14-28-2)29-22(17)19-4-3-9-25(19,27)13-21(27)26(31,11-16)15-24/h5,8,16-23,28-31H,3-4,6-7,9-15H2,1-2H3. The highest BCUT2D eigenvalue weighted by Crippen LogP contribution is 2.82. The smallest absolute Gasteiger partial charge is 0.0693 e. The van der Waals surface area contributed by atoms with Gasteiger partial charge in [-0.2, -0.15) is 0 Å². The van der Waals surface area contributed by atoms with Gasteiger partial charge in [-0.15, -0.1) is 0 Å². The molecule has 0 aromatic heterocycles. The third-order valence-electron chi connectivity index (χ3n) is 12.2. The van der Waals surface area contributed by atoms with E-state index in [1.807, 2.05) is 0 Å². The fourth-order valence-electron chi connectivity index (χ4n) is 11.6. The molecule has 31 heavy (non-hydrogen) atoms. The van der Waals surface area contributed by atoms with Crippen LogP contribution in [0.1, 0.15) is 71.1 Å². The molecule has 1 aliphatic heterocycles. The molecule has 4 N–H and O–H groups in total. The Morgan fingerprint density at radius 3 is 2.81 bits per heavy atom. The van der Waals surface area contributed by atoms with Crippen LogP contribution in [0.5, 0.6) is 0 Å². The molecule has 12 atom stereocenters. The van der Waals surface area contributed by atoms with Gasteiger partial charge in [-0.25, -0.2) is 0 Å². The second-order valence-electron chi connectivity index (χ2n) is 13.4. The number of aliphatic hydroxyl groups excluding tert-OH is 1. The van der Waals surface area contributed by atoms with E-state index >= 15 is 0 Å². The second kappa shape index (κ2) is 6.17. The number of allylic oxidation sites excluding steroid dienone is 1. The van der Waals surface area contributed by atoms with Gasteiger partial charge in [0.15, 0.2) is 0 Å². The van der Waals surface area contributed by atoms with Crippen LogP contribution in [0.4, 0.5) is 0 Å². The van der Waals surface area contributed by atoms with Crippen LogP contribution in [-0.2, 0) is 0 Å². The Hall–Kier alpha value is -0.420. The number of rotatable bonds is 2. The molecule has 2 spiro atoms. The van der Waals surface area contributed by atoms with Crippen molar-refractivity contribution in [3.8, 4) is 0 Å². The van der Waals surface area contributed by atoms with Crippen molar-refractivity contribution in [1.29, 1.82) is 0 Å². The molecule has 3 bridgehead atoms. The van der Waals surface area contributed by atoms with E-state index in [1.165, 1.54) is 38.5 Å². The minimum Gasteiger partial charge on any atom is -0.392 e. The van der Waals surface area contributed by atoms with Crippen LogP contribution in [0.2, 0.25) is 0 Å². The van der Waals surface area contributed by atoms with Crippen LogP contribution in [0.15, 0.2) is 12.2 Å². The third-order valence-corrected chi connectivity index (χ3v) is 12.2. The number of likely N-dealkylation sites (N-methyl/N-ethyl adjacent to an activating group) is 1. The van der Waals surface area contributed by atoms with Gasteiger partial charge in [0.25, 0.3) is 0 Å². The van der Waals surface area contributed by atoms with Crippen LogP contribution in [0, 0.1) is 45.8 Å². The first-order chi connectivity index (χ1) is 14.9. The summed E-state index contributed by atoms with van der Waals surface area (Å²) in [5, 5.41) is 32.1. The summed E-state index contributed by atoms with van der Waals surface area (Å²) in [4.78, 5) is 0. The van der Waals surface area contributed by atoms with Crippen molar-refractivity contribution >= 4 is 0 Å². The molecule has 0 radical (unpaired) electrons. The first-order valence-electron chi connectivity index (χ1n) is 13.3. The average molecular weight is 427 g/mol. The topological polar surface area (TPSA) is 64.5 Å². The molecule has 1 saturated heterocycles. The molecule has 12 unspecified atom stereocenters. The Morgan fingerprint density at radius 1 is 1.10 bits per heavy atom. The number of hydrogen-bond donors (Lipinski definition) is 4. The number of aliphatic hydroxyl groups is 2. The number of hydrogen-bond acceptors (Lipinski definition) is 4. The highest BCUT2D eigenvalue weighted by Gasteiger charge is 2.81. The summed E-state index contributed by atoms with van der Waals surface area (Å²) in [6.45, 7) is 3.45. The summed E-state index contributed by atoms with van der Waals surface area (Å²) in [5.41, 5.74) is -0.317. The van der Waals surface area contributed by atoms with E-state index in [1.54, 1.807) is 0 Å². The summed E-state index contributed by atoms with van der Waals surface area (Å²) < 4.78 is 0. The highest BCUT2D eigenvalue weighted by molar-refractivity contribution is 5.33. The van der Waals surface area contributed by atoms with Gasteiger partial charge in [-0.05, 0) is 99.3 Å². The second-order valence-corrected chi connectivity index (χ2v) is 13.4. The molecule has 172 valence electrons. The van der Waals surface area contributed by atoms with E-state index in [-0.39, 0.29) is 28.3 Å². The zero-order valence-corrected chi connectivity index (χ0v) is 19.4. The minimum absolute atomic E-state index is 0.0619. The molecule has 6 aliphatic carbocycles. The van der Waals surface area contributed by atoms with Crippen molar-refractivity contribution in [2.24, 2.45) is 45.8 Å². The SMILES string of the molecule is CNCC1CCC2CC34C(O)C5C=CC6CC5(C)CC(O)(C6)C3CC43CCCC3C2N1. The lowest BCUT2D eigenvalue weighted by atomic mass is 9.30. The predicted octanol–water partition coefficient (Wildman–Crippen LogP) is 3.24. The van der Waals surface area contributed by atoms with E-state index in [0.29, 0.717) is 35.8 Å². The van der Waals surface area contributed by atoms with Crippen LogP contribution in [0.25, 0.3) is 0 Å². The Kier molecular flexibility index (Phi) is 3.98. The number of piperidine rings is 1. The van der Waals surface area contributed by atoms with Crippen molar-refractivity contribution < 1.29 is 10.2 Å². The molecular weight excluding hydrogens is 384 g/mol. The molecule has 5 saturated carbocycles. The third kappa shape index (κ3) is 2.22. The molecule has 0 aromatic carbocycles. The Labute approximate surface area is 187 Å². The fourth-order valence-corrected chi connectivity index (χ4v) is 11.6. The normalized spacial score (nSPS) is 63.4. The maximum atomic E-state index is 12.4. The highest BCUT2D eigenvalue weighted by atomic mass is 16.3. The predicted molar refractivity (Wildman–Crippen MR) is 121 cm³/mol. The fraction of sp³-hybridized carbons (Fsp3) is 0.926. The van der Waals surface area contributed by atoms with E-state index in [2.05, 4.69) is 36.8 Å². The van der Waals surface area contributed by atoms with E-state index in [0.717, 1.165) is 32.2 Å². The van der Waals surface area contributed by atoms with Crippen molar-refractivity contribution in [2.45, 2.75) is 94.9 Å². The summed E-state index contributed by atoms with van der Waals surface area (Å²) in [6, 6.07) is 1.21. The summed E-state index contributed by atoms with van der Waals surface area (Å²) in [6.07, 6.45) is 16.2. The zero-order valence-electron chi connectivity index (χ0n) is 19.4. The van der Waals surface area contributed by atoms with Gasteiger partial charge in [-0.3, -0.25) is 0 Å². The minimum atomic E-state index is -0.569. The molecule has 7 aliphatic rings. The summed E-state index contributed by atoms with van der Waals surface area (Å²) in [5.74, 6) is 2.39. The molecule has 6 fully saturated rings. The molecule has 7 rings (SSSR count). The van der Waals surface area contributed by atoms with Gasteiger partial charge < -0.3 is 20.8 Å². The van der Waals surface area contributed by atoms with Gasteiger partial charge >= 0.3 is 0 Å². The van der Waals surface area contributed by atoms with E-state index in [4.69, 9.17) is 0 Å². The molecule has 4 nitrogen and oxygen atoms in total. The van der Waals surface area contributed by atoms with Gasteiger partial charge in [0, 0.05) is 30.0 Å². The average Bonchev–Trinajstić information content (AvgIpc) is 3.16. The van der Waals surface area contributed by atoms with Crippen LogP contribution >= 0.6 is 0 Å². The quantitative estimate of drug-likeness (QED) is 0.512. The van der Waals surface area contributed by atoms with Crippen molar-refractivity contribution in [3.05, 3.63) is 12.2 Å². The van der Waals surface area contributed by atoms with Crippen LogP contribution in [-0.4, -0.2) is 47.6 Å². The lowest BCUT2D eigenvalue weighted by Crippen LogP contribution is -2.76. The zero-order chi connectivity index (χ0) is 21.2. The molecule has 4 heteroatoms. The molecule has 0 aromatic rings. The van der Waals surface area contributed by atoms with Crippen LogP contribution in [0.3, 0.4) is 0 Å². The molecule has 0 amide bonds. The van der Waals surface area contributed by atoms with Crippen LogP contribution < -0.4 is 10.6 Å². The lowest BCUT2D eigenvalue weighted by molar-refractivity contribution is -0.307. The van der Waals surface area contributed by atoms with E-state index in [9.17, 15) is 10.2 Å². The van der Waals surface area contributed by atoms with Crippen molar-refractivity contribution in [2.75, 3.05) is 13.6 Å². The van der Waals surface area contributed by atoms with Crippen molar-refractivity contribution in [3.63, 3.8) is 0 Å². The first kappa shape index (κ1) is 20.0. The summed E-state index contributed by atoms with van der Waals surface area (Å²) >= 11 is 0. The van der Waals surface area contributed by atoms with Gasteiger partial charge in [0.2, 0.25) is 0 Å². The van der Waals surface area contributed by atoms with Crippen molar-refractivity contribution in [1.82, 2.24) is 10.6 Å². The van der Waals surface area contributed by atoms with E-state index < -0.39 is 5.60 Å². The molecule has 1 heterocycles. The number of fused-ring (bicyclic) bond motifs is 5. The van der Waals surface area contributed by atoms with Gasteiger partial charge in [0.1, 0.15) is 0 Å². The Bertz CT molecular complexity index is 815. The van der Waals surface area contributed by atoms with Gasteiger partial charge in [0.05, 0.1) is 11.7 Å². The maximum absolute atomic E-state index is 12.4. The Balaban J connectivity index is 1.34. The largest absolute Gasteiger partial charge is 0.392 e.